The maximum Gasteiger partial charge on any atom is 0.149 e. The number of fused-ring (bicyclic) bond motifs is 1. The third-order valence-electron chi connectivity index (χ3n) is 2.57. The van der Waals surface area contributed by atoms with Crippen molar-refractivity contribution in [2.45, 2.75) is 6.92 Å². The molecule has 0 unspecified atom stereocenters. The minimum absolute atomic E-state index is 0.944. The van der Waals surface area contributed by atoms with Gasteiger partial charge in [-0.25, -0.2) is 9.97 Å². The van der Waals surface area contributed by atoms with Crippen LogP contribution < -0.4 is 10.2 Å². The molecule has 0 spiro atoms. The van der Waals surface area contributed by atoms with Crippen molar-refractivity contribution in [3.8, 4) is 0 Å². The van der Waals surface area contributed by atoms with E-state index in [0.29, 0.717) is 0 Å². The molecule has 0 bridgehead atoms. The first-order valence-electron chi connectivity index (χ1n) is 5.28. The van der Waals surface area contributed by atoms with E-state index in [1.807, 2.05) is 7.05 Å². The third-order valence-corrected chi connectivity index (χ3v) is 3.65. The number of likely N-dealkylation sites (N-methyl/N-ethyl adjacent to an activating group) is 2. The van der Waals surface area contributed by atoms with E-state index >= 15 is 0 Å². The van der Waals surface area contributed by atoms with Gasteiger partial charge in [0.05, 0.1) is 10.2 Å². The number of rotatable bonds is 4. The van der Waals surface area contributed by atoms with Crippen molar-refractivity contribution < 1.29 is 0 Å². The number of aromatic nitrogens is 2. The van der Waals surface area contributed by atoms with Gasteiger partial charge in [0.25, 0.3) is 0 Å². The topological polar surface area (TPSA) is 41.0 Å². The van der Waals surface area contributed by atoms with Crippen molar-refractivity contribution in [1.29, 1.82) is 0 Å². The fourth-order valence-electron chi connectivity index (χ4n) is 1.61. The van der Waals surface area contributed by atoms with Crippen LogP contribution in [0.25, 0.3) is 10.2 Å². The van der Waals surface area contributed by atoms with Gasteiger partial charge >= 0.3 is 0 Å². The zero-order chi connectivity index (χ0) is 11.5. The summed E-state index contributed by atoms with van der Waals surface area (Å²) in [7, 11) is 4.02. The molecule has 0 fully saturated rings. The maximum absolute atomic E-state index is 4.37. The van der Waals surface area contributed by atoms with E-state index < -0.39 is 0 Å². The average Bonchev–Trinajstić information content (AvgIpc) is 2.68. The molecule has 0 saturated heterocycles. The number of nitrogens with zero attached hydrogens (tertiary/aromatic N) is 3. The molecule has 2 heterocycles. The second kappa shape index (κ2) is 4.76. The Morgan fingerprint density at radius 3 is 3.00 bits per heavy atom. The van der Waals surface area contributed by atoms with Crippen molar-refractivity contribution >= 4 is 27.4 Å². The molecule has 1 N–H and O–H groups in total. The molecule has 0 saturated carbocycles. The number of hydrogen-bond donors (Lipinski definition) is 1. The largest absolute Gasteiger partial charge is 0.357 e. The van der Waals surface area contributed by atoms with Gasteiger partial charge in [-0.05, 0) is 24.9 Å². The smallest absolute Gasteiger partial charge is 0.149 e. The predicted octanol–water partition coefficient (Wildman–Crippen LogP) is 1.66. The number of aryl methyl sites for hydroxylation is 1. The van der Waals surface area contributed by atoms with E-state index in [9.17, 15) is 0 Å². The number of hydrogen-bond acceptors (Lipinski definition) is 5. The highest BCUT2D eigenvalue weighted by atomic mass is 32.1. The van der Waals surface area contributed by atoms with E-state index in [0.717, 1.165) is 24.4 Å². The lowest BCUT2D eigenvalue weighted by Crippen LogP contribution is -2.27. The summed E-state index contributed by atoms with van der Waals surface area (Å²) in [6, 6.07) is 0. The van der Waals surface area contributed by atoms with Crippen LogP contribution in [-0.2, 0) is 0 Å². The Hall–Kier alpha value is -1.20. The lowest BCUT2D eigenvalue weighted by atomic mass is 10.3. The highest BCUT2D eigenvalue weighted by Crippen LogP contribution is 2.29. The van der Waals surface area contributed by atoms with Gasteiger partial charge in [0.2, 0.25) is 0 Å². The van der Waals surface area contributed by atoms with Crippen LogP contribution in [0.15, 0.2) is 11.7 Å². The summed E-state index contributed by atoms with van der Waals surface area (Å²) in [6.45, 7) is 3.98. The summed E-state index contributed by atoms with van der Waals surface area (Å²) < 4.78 is 1.18. The summed E-state index contributed by atoms with van der Waals surface area (Å²) >= 11 is 1.72. The van der Waals surface area contributed by atoms with Crippen LogP contribution in [0.5, 0.6) is 0 Å². The number of anilines is 1. The molecule has 0 aliphatic rings. The molecule has 16 heavy (non-hydrogen) atoms. The Kier molecular flexibility index (Phi) is 3.36. The van der Waals surface area contributed by atoms with Gasteiger partial charge in [-0.1, -0.05) is 0 Å². The zero-order valence-electron chi connectivity index (χ0n) is 9.82. The molecule has 0 atom stereocenters. The van der Waals surface area contributed by atoms with Crippen LogP contribution >= 0.6 is 11.3 Å². The van der Waals surface area contributed by atoms with Gasteiger partial charge in [0.15, 0.2) is 0 Å². The van der Waals surface area contributed by atoms with E-state index in [2.05, 4.69) is 39.5 Å². The first-order valence-corrected chi connectivity index (χ1v) is 6.16. The van der Waals surface area contributed by atoms with Crippen molar-refractivity contribution in [2.24, 2.45) is 0 Å². The van der Waals surface area contributed by atoms with Crippen LogP contribution in [-0.4, -0.2) is 37.2 Å². The summed E-state index contributed by atoms with van der Waals surface area (Å²) in [5.74, 6) is 1.03. The Bertz CT molecular complexity index is 480. The van der Waals surface area contributed by atoms with Gasteiger partial charge < -0.3 is 10.2 Å². The molecule has 0 aliphatic carbocycles. The highest BCUT2D eigenvalue weighted by Gasteiger charge is 2.11. The molecule has 2 rings (SSSR count). The van der Waals surface area contributed by atoms with Crippen LogP contribution in [0.4, 0.5) is 5.82 Å². The van der Waals surface area contributed by atoms with Gasteiger partial charge in [0, 0.05) is 20.1 Å². The van der Waals surface area contributed by atoms with Crippen LogP contribution in [0.3, 0.4) is 0 Å². The lowest BCUT2D eigenvalue weighted by molar-refractivity contribution is 0.763. The van der Waals surface area contributed by atoms with Gasteiger partial charge in [-0.2, -0.15) is 0 Å². The van der Waals surface area contributed by atoms with Crippen molar-refractivity contribution in [3.05, 3.63) is 17.3 Å². The van der Waals surface area contributed by atoms with Crippen LogP contribution in [0.2, 0.25) is 0 Å². The van der Waals surface area contributed by atoms with E-state index in [1.165, 1.54) is 10.3 Å². The molecule has 2 aromatic heterocycles. The lowest BCUT2D eigenvalue weighted by Gasteiger charge is -2.18. The number of nitrogens with one attached hydrogen (secondary N) is 1. The Morgan fingerprint density at radius 1 is 1.44 bits per heavy atom. The summed E-state index contributed by atoms with van der Waals surface area (Å²) in [5, 5.41) is 5.27. The summed E-state index contributed by atoms with van der Waals surface area (Å²) in [4.78, 5) is 10.9. The van der Waals surface area contributed by atoms with Crippen LogP contribution in [0, 0.1) is 6.92 Å². The Labute approximate surface area is 99.3 Å². The van der Waals surface area contributed by atoms with Crippen LogP contribution in [0.1, 0.15) is 5.56 Å². The molecular formula is C11H16N4S. The maximum atomic E-state index is 4.37. The van der Waals surface area contributed by atoms with Crippen molar-refractivity contribution in [2.75, 3.05) is 32.1 Å². The molecular weight excluding hydrogens is 220 g/mol. The number of thiophene rings is 1. The first-order chi connectivity index (χ1) is 7.74. The zero-order valence-corrected chi connectivity index (χ0v) is 10.6. The SMILES string of the molecule is CNCCN(C)c1ncnc2c(C)csc12. The molecule has 86 valence electrons. The second-order valence-corrected chi connectivity index (χ2v) is 4.70. The molecule has 5 heteroatoms. The van der Waals surface area contributed by atoms with E-state index in [1.54, 1.807) is 17.7 Å². The fourth-order valence-corrected chi connectivity index (χ4v) is 2.66. The standard InChI is InChI=1S/C11H16N4S/c1-8-6-16-10-9(8)13-7-14-11(10)15(3)5-4-12-2/h6-7,12H,4-5H2,1-3H3. The van der Waals surface area contributed by atoms with E-state index in [-0.39, 0.29) is 0 Å². The van der Waals surface area contributed by atoms with Gasteiger partial charge in [0.1, 0.15) is 12.1 Å². The summed E-state index contributed by atoms with van der Waals surface area (Å²) in [6.07, 6.45) is 1.65. The molecule has 0 amide bonds. The average molecular weight is 236 g/mol. The third kappa shape index (κ3) is 2.01. The van der Waals surface area contributed by atoms with Gasteiger partial charge in [-0.15, -0.1) is 11.3 Å². The van der Waals surface area contributed by atoms with Crippen molar-refractivity contribution in [1.82, 2.24) is 15.3 Å². The second-order valence-electron chi connectivity index (χ2n) is 3.82. The monoisotopic (exact) mass is 236 g/mol. The predicted molar refractivity (Wildman–Crippen MR) is 69.3 cm³/mol. The molecule has 2 aromatic rings. The Balaban J connectivity index is 2.36. The molecule has 0 aromatic carbocycles. The van der Waals surface area contributed by atoms with E-state index in [4.69, 9.17) is 0 Å². The molecule has 4 nitrogen and oxygen atoms in total. The Morgan fingerprint density at radius 2 is 2.25 bits per heavy atom. The van der Waals surface area contributed by atoms with Gasteiger partial charge in [-0.3, -0.25) is 0 Å². The minimum atomic E-state index is 0.944. The quantitative estimate of drug-likeness (QED) is 0.876. The first kappa shape index (κ1) is 11.3. The van der Waals surface area contributed by atoms with Crippen molar-refractivity contribution in [3.63, 3.8) is 0 Å². The normalized spacial score (nSPS) is 10.9. The minimum Gasteiger partial charge on any atom is -0.357 e. The fraction of sp³-hybridized carbons (Fsp3) is 0.455. The highest BCUT2D eigenvalue weighted by molar-refractivity contribution is 7.18. The molecule has 0 radical (unpaired) electrons. The summed E-state index contributed by atoms with van der Waals surface area (Å²) in [5.41, 5.74) is 2.30. The molecule has 0 aliphatic heterocycles.